The Kier molecular flexibility index (Phi) is 4.08. The van der Waals surface area contributed by atoms with E-state index in [1.54, 1.807) is 0 Å². The van der Waals surface area contributed by atoms with Gasteiger partial charge in [0.1, 0.15) is 0 Å². The fourth-order valence-corrected chi connectivity index (χ4v) is 2.88. The summed E-state index contributed by atoms with van der Waals surface area (Å²) in [6.07, 6.45) is 4.55. The summed E-state index contributed by atoms with van der Waals surface area (Å²) in [6.45, 7) is 5.69. The van der Waals surface area contributed by atoms with Gasteiger partial charge in [0.25, 0.3) is 0 Å². The van der Waals surface area contributed by atoms with Crippen molar-refractivity contribution in [1.82, 2.24) is 15.1 Å². The monoisotopic (exact) mass is 289 g/mol. The number of halogens is 1. The molecular weight excluding hydrogens is 270 g/mol. The molecule has 1 fully saturated rings. The van der Waals surface area contributed by atoms with Gasteiger partial charge in [-0.05, 0) is 49.5 Å². The van der Waals surface area contributed by atoms with Crippen LogP contribution in [-0.2, 0) is 6.54 Å². The minimum absolute atomic E-state index is 0.764. The van der Waals surface area contributed by atoms with Gasteiger partial charge in [-0.2, -0.15) is 5.10 Å². The number of aromatic amines is 1. The van der Waals surface area contributed by atoms with Crippen molar-refractivity contribution < 1.29 is 0 Å². The van der Waals surface area contributed by atoms with Crippen molar-refractivity contribution in [3.05, 3.63) is 41.0 Å². The highest BCUT2D eigenvalue weighted by molar-refractivity contribution is 6.30. The molecule has 0 aliphatic carbocycles. The third-order valence-corrected chi connectivity index (χ3v) is 4.37. The molecule has 0 unspecified atom stereocenters. The summed E-state index contributed by atoms with van der Waals surface area (Å²) >= 11 is 5.95. The molecule has 1 aromatic carbocycles. The van der Waals surface area contributed by atoms with Gasteiger partial charge in [-0.25, -0.2) is 0 Å². The second kappa shape index (κ2) is 5.98. The van der Waals surface area contributed by atoms with Crippen LogP contribution in [-0.4, -0.2) is 28.2 Å². The second-order valence-electron chi connectivity index (χ2n) is 5.74. The molecule has 1 aliphatic rings. The molecule has 1 aromatic heterocycles. The predicted molar refractivity (Wildman–Crippen MR) is 82.7 cm³/mol. The van der Waals surface area contributed by atoms with E-state index in [9.17, 15) is 0 Å². The van der Waals surface area contributed by atoms with Crippen LogP contribution in [0.2, 0.25) is 5.02 Å². The molecule has 0 atom stereocenters. The number of rotatable bonds is 3. The van der Waals surface area contributed by atoms with Gasteiger partial charge in [0.15, 0.2) is 0 Å². The molecule has 1 N–H and O–H groups in total. The van der Waals surface area contributed by atoms with E-state index in [0.29, 0.717) is 0 Å². The fraction of sp³-hybridized carbons (Fsp3) is 0.438. The second-order valence-corrected chi connectivity index (χ2v) is 6.17. The molecule has 0 radical (unpaired) electrons. The number of likely N-dealkylation sites (tertiary alicyclic amines) is 1. The summed E-state index contributed by atoms with van der Waals surface area (Å²) in [6, 6.07) is 7.92. The van der Waals surface area contributed by atoms with Crippen LogP contribution < -0.4 is 0 Å². The van der Waals surface area contributed by atoms with Crippen LogP contribution >= 0.6 is 11.6 Å². The van der Waals surface area contributed by atoms with Gasteiger partial charge >= 0.3 is 0 Å². The number of aromatic nitrogens is 2. The number of hydrogen-bond donors (Lipinski definition) is 1. The molecule has 3 rings (SSSR count). The van der Waals surface area contributed by atoms with Gasteiger partial charge in [0.2, 0.25) is 0 Å². The molecule has 2 heterocycles. The summed E-state index contributed by atoms with van der Waals surface area (Å²) in [5, 5.41) is 8.10. The first-order chi connectivity index (χ1) is 9.72. The molecule has 1 saturated heterocycles. The Morgan fingerprint density at radius 1 is 1.25 bits per heavy atom. The maximum absolute atomic E-state index is 5.95. The average molecular weight is 290 g/mol. The van der Waals surface area contributed by atoms with Crippen LogP contribution in [0, 0.1) is 5.92 Å². The van der Waals surface area contributed by atoms with E-state index in [4.69, 9.17) is 11.6 Å². The Morgan fingerprint density at radius 2 is 1.95 bits per heavy atom. The SMILES string of the molecule is CC1CCN(Cc2cn[nH]c2-c2ccc(Cl)cc2)CC1. The predicted octanol–water partition coefficient (Wildman–Crippen LogP) is 3.96. The fourth-order valence-electron chi connectivity index (χ4n) is 2.76. The van der Waals surface area contributed by atoms with Gasteiger partial charge in [-0.3, -0.25) is 10.00 Å². The van der Waals surface area contributed by atoms with Crippen LogP contribution in [0.25, 0.3) is 11.3 Å². The van der Waals surface area contributed by atoms with Crippen molar-refractivity contribution >= 4 is 11.6 Å². The Hall–Kier alpha value is -1.32. The molecule has 0 spiro atoms. The highest BCUT2D eigenvalue weighted by Gasteiger charge is 2.18. The van der Waals surface area contributed by atoms with Crippen LogP contribution in [0.1, 0.15) is 25.3 Å². The minimum atomic E-state index is 0.764. The van der Waals surface area contributed by atoms with Crippen molar-refractivity contribution in [2.45, 2.75) is 26.3 Å². The summed E-state index contributed by atoms with van der Waals surface area (Å²) in [5.74, 6) is 0.867. The van der Waals surface area contributed by atoms with Gasteiger partial charge < -0.3 is 0 Å². The molecule has 3 nitrogen and oxygen atoms in total. The van der Waals surface area contributed by atoms with Gasteiger partial charge in [-0.15, -0.1) is 0 Å². The van der Waals surface area contributed by atoms with Crippen molar-refractivity contribution in [3.63, 3.8) is 0 Å². The number of hydrogen-bond acceptors (Lipinski definition) is 2. The standard InChI is InChI=1S/C16H20ClN3/c1-12-6-8-20(9-7-12)11-14-10-18-19-16(14)13-2-4-15(17)5-3-13/h2-5,10,12H,6-9,11H2,1H3,(H,18,19). The lowest BCUT2D eigenvalue weighted by molar-refractivity contribution is 0.185. The van der Waals surface area contributed by atoms with Crippen molar-refractivity contribution in [1.29, 1.82) is 0 Å². The number of benzene rings is 1. The van der Waals surface area contributed by atoms with Gasteiger partial charge in [-0.1, -0.05) is 30.7 Å². The smallest absolute Gasteiger partial charge is 0.0695 e. The van der Waals surface area contributed by atoms with Crippen LogP contribution in [0.3, 0.4) is 0 Å². The van der Waals surface area contributed by atoms with Crippen molar-refractivity contribution in [3.8, 4) is 11.3 Å². The van der Waals surface area contributed by atoms with Crippen LogP contribution in [0.4, 0.5) is 0 Å². The molecular formula is C16H20ClN3. The topological polar surface area (TPSA) is 31.9 Å². The summed E-state index contributed by atoms with van der Waals surface area (Å²) in [4.78, 5) is 2.52. The molecule has 2 aromatic rings. The van der Waals surface area contributed by atoms with E-state index in [1.807, 2.05) is 30.5 Å². The zero-order chi connectivity index (χ0) is 13.9. The molecule has 20 heavy (non-hydrogen) atoms. The van der Waals surface area contributed by atoms with E-state index in [-0.39, 0.29) is 0 Å². The molecule has 0 bridgehead atoms. The first-order valence-electron chi connectivity index (χ1n) is 7.23. The number of nitrogens with zero attached hydrogens (tertiary/aromatic N) is 2. The van der Waals surface area contributed by atoms with Gasteiger partial charge in [0, 0.05) is 17.1 Å². The van der Waals surface area contributed by atoms with E-state index in [2.05, 4.69) is 22.0 Å². The third kappa shape index (κ3) is 3.05. The average Bonchev–Trinajstić information content (AvgIpc) is 2.90. The van der Waals surface area contributed by atoms with E-state index >= 15 is 0 Å². The quantitative estimate of drug-likeness (QED) is 0.927. The summed E-state index contributed by atoms with van der Waals surface area (Å²) in [5.41, 5.74) is 3.52. The van der Waals surface area contributed by atoms with E-state index < -0.39 is 0 Å². The number of nitrogens with one attached hydrogen (secondary N) is 1. The van der Waals surface area contributed by atoms with Gasteiger partial charge in [0.05, 0.1) is 11.9 Å². The zero-order valence-electron chi connectivity index (χ0n) is 11.8. The lowest BCUT2D eigenvalue weighted by Gasteiger charge is -2.30. The normalized spacial score (nSPS) is 17.5. The summed E-state index contributed by atoms with van der Waals surface area (Å²) in [7, 11) is 0. The Morgan fingerprint density at radius 3 is 2.65 bits per heavy atom. The molecule has 0 saturated carbocycles. The zero-order valence-corrected chi connectivity index (χ0v) is 12.5. The molecule has 106 valence electrons. The van der Waals surface area contributed by atoms with Crippen LogP contribution in [0.15, 0.2) is 30.5 Å². The third-order valence-electron chi connectivity index (χ3n) is 4.12. The molecule has 4 heteroatoms. The molecule has 1 aliphatic heterocycles. The Balaban J connectivity index is 1.75. The van der Waals surface area contributed by atoms with Crippen LogP contribution in [0.5, 0.6) is 0 Å². The largest absolute Gasteiger partial charge is 0.299 e. The van der Waals surface area contributed by atoms with E-state index in [0.717, 1.165) is 28.7 Å². The maximum atomic E-state index is 5.95. The highest BCUT2D eigenvalue weighted by atomic mass is 35.5. The summed E-state index contributed by atoms with van der Waals surface area (Å²) < 4.78 is 0. The van der Waals surface area contributed by atoms with Crippen molar-refractivity contribution in [2.75, 3.05) is 13.1 Å². The Labute approximate surface area is 124 Å². The lowest BCUT2D eigenvalue weighted by Crippen LogP contribution is -2.32. The van der Waals surface area contributed by atoms with E-state index in [1.165, 1.54) is 31.5 Å². The number of piperidine rings is 1. The highest BCUT2D eigenvalue weighted by Crippen LogP contribution is 2.25. The molecule has 0 amide bonds. The minimum Gasteiger partial charge on any atom is -0.299 e. The Bertz CT molecular complexity index is 553. The first-order valence-corrected chi connectivity index (χ1v) is 7.60. The number of H-pyrrole nitrogens is 1. The lowest BCUT2D eigenvalue weighted by atomic mass is 9.98. The maximum Gasteiger partial charge on any atom is 0.0695 e. The first kappa shape index (κ1) is 13.7. The van der Waals surface area contributed by atoms with Crippen molar-refractivity contribution in [2.24, 2.45) is 5.92 Å².